The number of hydrogen-bond donors (Lipinski definition) is 0. The van der Waals surface area contributed by atoms with Crippen LogP contribution in [0.25, 0.3) is 61.2 Å². The molecule has 0 N–H and O–H groups in total. The zero-order chi connectivity index (χ0) is 32.9. The Labute approximate surface area is 286 Å². The maximum atomic E-state index is 15.7. The fourth-order valence-electron chi connectivity index (χ4n) is 8.33. The number of fused-ring (bicyclic) bond motifs is 9. The van der Waals surface area contributed by atoms with Crippen molar-refractivity contribution in [2.45, 2.75) is 29.1 Å². The van der Waals surface area contributed by atoms with Crippen LogP contribution < -0.4 is 0 Å². The van der Waals surface area contributed by atoms with Crippen LogP contribution in [0.2, 0.25) is 0 Å². The van der Waals surface area contributed by atoms with E-state index < -0.39 is 9.73 Å². The van der Waals surface area contributed by atoms with E-state index in [1.807, 2.05) is 60.7 Å². The number of nitrogens with zero attached hydrogens (tertiary/aromatic N) is 2. The summed E-state index contributed by atoms with van der Waals surface area (Å²) in [7, 11) is -3.09. The molecule has 0 spiro atoms. The minimum absolute atomic E-state index is 0.211. The van der Waals surface area contributed by atoms with Crippen molar-refractivity contribution in [1.29, 1.82) is 0 Å². The number of hydrogen-bond acceptors (Lipinski definition) is 2. The Morgan fingerprint density at radius 3 is 2.14 bits per heavy atom. The first kappa shape index (κ1) is 28.3. The molecule has 7 aromatic carbocycles. The van der Waals surface area contributed by atoms with Crippen molar-refractivity contribution in [1.82, 2.24) is 4.57 Å². The third-order valence-corrected chi connectivity index (χ3v) is 12.9. The van der Waals surface area contributed by atoms with Gasteiger partial charge in [-0.1, -0.05) is 129 Å². The summed E-state index contributed by atoms with van der Waals surface area (Å²) >= 11 is 0. The second-order valence-corrected chi connectivity index (χ2v) is 15.7. The van der Waals surface area contributed by atoms with E-state index in [1.165, 1.54) is 43.8 Å². The van der Waals surface area contributed by atoms with Crippen LogP contribution in [0, 0.1) is 0 Å². The van der Waals surface area contributed by atoms with Crippen LogP contribution in [0.5, 0.6) is 0 Å². The molecule has 2 heterocycles. The summed E-state index contributed by atoms with van der Waals surface area (Å²) in [4.78, 5) is 1.45. The molecular formula is C45H32N2OS. The molecule has 1 atom stereocenters. The van der Waals surface area contributed by atoms with Crippen LogP contribution in [0.4, 0.5) is 0 Å². The highest BCUT2D eigenvalue weighted by atomic mass is 32.2. The topological polar surface area (TPSA) is 34.4 Å². The van der Waals surface area contributed by atoms with Crippen molar-refractivity contribution in [2.75, 3.05) is 0 Å². The molecule has 0 radical (unpaired) electrons. The minimum Gasteiger partial charge on any atom is -0.308 e. The van der Waals surface area contributed by atoms with E-state index in [1.54, 1.807) is 0 Å². The SMILES string of the molecule is CC1(C)c2cc3c(cc2-c2ccc4ccccc4c21)c1ccccc1n3-c1cccc2c1S(=O)(c1ccccc1)=NC(c1ccccc1)=C2. The van der Waals surface area contributed by atoms with E-state index in [9.17, 15) is 0 Å². The Morgan fingerprint density at radius 1 is 0.612 bits per heavy atom. The number of rotatable bonds is 3. The second kappa shape index (κ2) is 10.1. The lowest BCUT2D eigenvalue weighted by Crippen LogP contribution is -2.16. The predicted octanol–water partition coefficient (Wildman–Crippen LogP) is 11.6. The fourth-order valence-corrected chi connectivity index (χ4v) is 10.6. The summed E-state index contributed by atoms with van der Waals surface area (Å²) in [5.41, 5.74) is 10.7. The third-order valence-electron chi connectivity index (χ3n) is 10.5. The first-order valence-corrected chi connectivity index (χ1v) is 18.3. The normalized spacial score (nSPS) is 17.4. The number of para-hydroxylation sites is 1. The second-order valence-electron chi connectivity index (χ2n) is 13.6. The summed E-state index contributed by atoms with van der Waals surface area (Å²) in [5, 5.41) is 4.92. The molecule has 0 bridgehead atoms. The van der Waals surface area contributed by atoms with Crippen LogP contribution in [-0.2, 0) is 15.1 Å². The Balaban J connectivity index is 1.30. The Bertz CT molecular complexity index is 2830. The van der Waals surface area contributed by atoms with Gasteiger partial charge in [0.2, 0.25) is 0 Å². The van der Waals surface area contributed by atoms with Gasteiger partial charge in [-0.05, 0) is 81.1 Å². The maximum absolute atomic E-state index is 15.7. The fraction of sp³-hybridized carbons (Fsp3) is 0.0667. The molecule has 1 aliphatic carbocycles. The highest BCUT2D eigenvalue weighted by Crippen LogP contribution is 2.53. The Morgan fingerprint density at radius 2 is 1.33 bits per heavy atom. The largest absolute Gasteiger partial charge is 0.308 e. The lowest BCUT2D eigenvalue weighted by Gasteiger charge is -2.25. The van der Waals surface area contributed by atoms with E-state index in [2.05, 4.69) is 115 Å². The maximum Gasteiger partial charge on any atom is 0.111 e. The summed E-state index contributed by atoms with van der Waals surface area (Å²) in [5.74, 6) is 0. The van der Waals surface area contributed by atoms with E-state index >= 15 is 4.21 Å². The van der Waals surface area contributed by atoms with E-state index in [0.717, 1.165) is 38.4 Å². The van der Waals surface area contributed by atoms with Gasteiger partial charge in [0.25, 0.3) is 0 Å². The molecule has 4 heteroatoms. The van der Waals surface area contributed by atoms with Gasteiger partial charge < -0.3 is 4.57 Å². The Kier molecular flexibility index (Phi) is 5.86. The predicted molar refractivity (Wildman–Crippen MR) is 204 cm³/mol. The van der Waals surface area contributed by atoms with Crippen LogP contribution in [0.1, 0.15) is 36.1 Å². The monoisotopic (exact) mass is 648 g/mol. The molecule has 1 aromatic heterocycles. The number of benzene rings is 7. The molecule has 2 aliphatic rings. The summed E-state index contributed by atoms with van der Waals surface area (Å²) in [6, 6.07) is 52.8. The van der Waals surface area contributed by atoms with E-state index in [4.69, 9.17) is 4.36 Å². The average molecular weight is 649 g/mol. The van der Waals surface area contributed by atoms with Gasteiger partial charge in [-0.15, -0.1) is 0 Å². The molecule has 3 nitrogen and oxygen atoms in total. The first-order chi connectivity index (χ1) is 23.9. The third kappa shape index (κ3) is 3.92. The molecule has 1 unspecified atom stereocenters. The molecule has 0 amide bonds. The van der Waals surface area contributed by atoms with Gasteiger partial charge in [-0.2, -0.15) is 4.36 Å². The van der Waals surface area contributed by atoms with Crippen LogP contribution in [-0.4, -0.2) is 8.78 Å². The molecule has 0 saturated carbocycles. The van der Waals surface area contributed by atoms with Crippen molar-refractivity contribution in [3.8, 4) is 16.8 Å². The molecule has 8 aromatic rings. The lowest BCUT2D eigenvalue weighted by molar-refractivity contribution is 0.666. The van der Waals surface area contributed by atoms with Gasteiger partial charge in [0.1, 0.15) is 9.73 Å². The van der Waals surface area contributed by atoms with Gasteiger partial charge >= 0.3 is 0 Å². The van der Waals surface area contributed by atoms with Crippen LogP contribution >= 0.6 is 0 Å². The minimum atomic E-state index is -3.09. The zero-order valence-electron chi connectivity index (χ0n) is 27.2. The molecular weight excluding hydrogens is 617 g/mol. The Hall–Kier alpha value is -5.71. The summed E-state index contributed by atoms with van der Waals surface area (Å²) in [6.45, 7) is 4.70. The molecule has 234 valence electrons. The van der Waals surface area contributed by atoms with Crippen molar-refractivity contribution >= 4 is 54.1 Å². The first-order valence-electron chi connectivity index (χ1n) is 16.8. The van der Waals surface area contributed by atoms with Crippen LogP contribution in [0.15, 0.2) is 166 Å². The molecule has 1 aliphatic heterocycles. The molecule has 0 fully saturated rings. The van der Waals surface area contributed by atoms with Crippen molar-refractivity contribution in [3.63, 3.8) is 0 Å². The van der Waals surface area contributed by atoms with Crippen molar-refractivity contribution in [3.05, 3.63) is 174 Å². The van der Waals surface area contributed by atoms with Gasteiger partial charge in [-0.25, -0.2) is 4.21 Å². The van der Waals surface area contributed by atoms with E-state index in [-0.39, 0.29) is 5.41 Å². The quantitative estimate of drug-likeness (QED) is 0.188. The van der Waals surface area contributed by atoms with Crippen LogP contribution in [0.3, 0.4) is 0 Å². The standard InChI is InChI=1S/C45H32N2OS/c1-45(2)38-28-42-37(27-36(38)35-25-24-29-14-9-10-20-33(29)43(35)45)34-21-11-12-22-40(34)47(42)41-23-13-17-31-26-39(30-15-5-3-6-16-30)46-49(48,44(31)41)32-18-7-4-8-19-32/h3-28H,1-2H3. The van der Waals surface area contributed by atoms with E-state index in [0.29, 0.717) is 4.90 Å². The van der Waals surface area contributed by atoms with Gasteiger partial charge in [0, 0.05) is 21.8 Å². The molecule has 10 rings (SSSR count). The highest BCUT2D eigenvalue weighted by molar-refractivity contribution is 7.94. The zero-order valence-corrected chi connectivity index (χ0v) is 28.0. The van der Waals surface area contributed by atoms with Crippen molar-refractivity contribution < 1.29 is 4.21 Å². The molecule has 0 saturated heterocycles. The summed E-state index contributed by atoms with van der Waals surface area (Å²) in [6.07, 6.45) is 2.09. The highest BCUT2D eigenvalue weighted by Gasteiger charge is 2.38. The van der Waals surface area contributed by atoms with Gasteiger partial charge in [0.05, 0.1) is 32.2 Å². The summed E-state index contributed by atoms with van der Waals surface area (Å²) < 4.78 is 23.2. The lowest BCUT2D eigenvalue weighted by atomic mass is 9.80. The smallest absolute Gasteiger partial charge is 0.111 e. The average Bonchev–Trinajstić information content (AvgIpc) is 3.59. The number of aromatic nitrogens is 1. The molecule has 49 heavy (non-hydrogen) atoms. The van der Waals surface area contributed by atoms with Gasteiger partial charge in [0.15, 0.2) is 0 Å². The van der Waals surface area contributed by atoms with Gasteiger partial charge in [-0.3, -0.25) is 0 Å². The van der Waals surface area contributed by atoms with Crippen molar-refractivity contribution in [2.24, 2.45) is 4.36 Å².